The maximum Gasteiger partial charge on any atom is 0.263 e. The zero-order chi connectivity index (χ0) is 21.2. The molecule has 1 N–H and O–H groups in total. The number of morpholine rings is 1. The first-order valence-corrected chi connectivity index (χ1v) is 11.0. The molecule has 9 heteroatoms. The zero-order valence-electron chi connectivity index (χ0n) is 16.4. The van der Waals surface area contributed by atoms with Crippen molar-refractivity contribution in [3.8, 4) is 5.75 Å². The van der Waals surface area contributed by atoms with Crippen molar-refractivity contribution < 1.29 is 22.7 Å². The van der Waals surface area contributed by atoms with E-state index in [9.17, 15) is 13.2 Å². The molecule has 1 aliphatic rings. The molecular formula is C20H23ClN2O5S. The van der Waals surface area contributed by atoms with Gasteiger partial charge in [0.1, 0.15) is 10.6 Å². The van der Waals surface area contributed by atoms with Crippen LogP contribution in [0, 0.1) is 0 Å². The van der Waals surface area contributed by atoms with Crippen molar-refractivity contribution in [3.63, 3.8) is 0 Å². The van der Waals surface area contributed by atoms with E-state index < -0.39 is 10.0 Å². The first kappa shape index (κ1) is 21.4. The number of para-hydroxylation sites is 2. The molecule has 3 rings (SSSR count). The third-order valence-corrected chi connectivity index (χ3v) is 6.37. The molecule has 29 heavy (non-hydrogen) atoms. The van der Waals surface area contributed by atoms with Gasteiger partial charge in [-0.2, -0.15) is 0 Å². The molecule has 1 amide bonds. The Morgan fingerprint density at radius 1 is 1.17 bits per heavy atom. The Labute approximate surface area is 175 Å². The minimum absolute atomic E-state index is 0.0210. The summed E-state index contributed by atoms with van der Waals surface area (Å²) >= 11 is 6.16. The van der Waals surface area contributed by atoms with Crippen molar-refractivity contribution in [2.45, 2.75) is 31.0 Å². The van der Waals surface area contributed by atoms with Crippen LogP contribution in [-0.2, 0) is 14.8 Å². The summed E-state index contributed by atoms with van der Waals surface area (Å²) in [7, 11) is -2.59. The molecule has 0 aromatic heterocycles. The van der Waals surface area contributed by atoms with Crippen LogP contribution in [0.4, 0.5) is 5.69 Å². The van der Waals surface area contributed by atoms with E-state index in [0.29, 0.717) is 18.8 Å². The van der Waals surface area contributed by atoms with Gasteiger partial charge in [-0.05, 0) is 44.2 Å². The highest BCUT2D eigenvalue weighted by Gasteiger charge is 2.28. The SMILES string of the molecule is COc1ccccc1NS(=O)(=O)c1cc(C(=O)N2CC(C)OC(C)C2)ccc1Cl. The molecule has 0 aliphatic carbocycles. The number of hydrogen-bond acceptors (Lipinski definition) is 5. The van der Waals surface area contributed by atoms with Gasteiger partial charge in [-0.15, -0.1) is 0 Å². The average molecular weight is 439 g/mol. The number of nitrogens with zero attached hydrogens (tertiary/aromatic N) is 1. The number of ether oxygens (including phenoxy) is 2. The van der Waals surface area contributed by atoms with E-state index in [4.69, 9.17) is 21.1 Å². The quantitative estimate of drug-likeness (QED) is 0.773. The molecule has 2 unspecified atom stereocenters. The number of methoxy groups -OCH3 is 1. The van der Waals surface area contributed by atoms with Crippen molar-refractivity contribution in [3.05, 3.63) is 53.1 Å². The maximum atomic E-state index is 12.9. The van der Waals surface area contributed by atoms with E-state index in [1.54, 1.807) is 29.2 Å². The number of amides is 1. The Bertz CT molecular complexity index is 1000. The fourth-order valence-electron chi connectivity index (χ4n) is 3.30. The van der Waals surface area contributed by atoms with Crippen molar-refractivity contribution in [1.82, 2.24) is 4.90 Å². The number of hydrogen-bond donors (Lipinski definition) is 1. The standard InChI is InChI=1S/C20H23ClN2O5S/c1-13-11-23(12-14(2)28-13)20(24)15-8-9-16(21)19(10-15)29(25,26)22-17-6-4-5-7-18(17)27-3/h4-10,13-14,22H,11-12H2,1-3H3. The van der Waals surface area contributed by atoms with Crippen LogP contribution in [0.15, 0.2) is 47.4 Å². The van der Waals surface area contributed by atoms with Crippen LogP contribution >= 0.6 is 11.6 Å². The molecule has 0 bridgehead atoms. The van der Waals surface area contributed by atoms with Gasteiger partial charge in [0.25, 0.3) is 15.9 Å². The molecule has 2 aromatic rings. The highest BCUT2D eigenvalue weighted by molar-refractivity contribution is 7.92. The summed E-state index contributed by atoms with van der Waals surface area (Å²) in [6.45, 7) is 4.66. The predicted molar refractivity (Wildman–Crippen MR) is 111 cm³/mol. The Morgan fingerprint density at radius 2 is 1.83 bits per heavy atom. The largest absolute Gasteiger partial charge is 0.495 e. The Kier molecular flexibility index (Phi) is 6.36. The number of carbonyl (C=O) groups excluding carboxylic acids is 1. The number of carbonyl (C=O) groups is 1. The first-order valence-electron chi connectivity index (χ1n) is 9.11. The first-order chi connectivity index (χ1) is 13.7. The normalized spacial score (nSPS) is 19.7. The minimum Gasteiger partial charge on any atom is -0.495 e. The highest BCUT2D eigenvalue weighted by atomic mass is 35.5. The summed E-state index contributed by atoms with van der Waals surface area (Å²) in [6.07, 6.45) is -0.184. The number of benzene rings is 2. The molecule has 1 heterocycles. The van der Waals surface area contributed by atoms with E-state index in [1.165, 1.54) is 25.3 Å². The van der Waals surface area contributed by atoms with Crippen LogP contribution in [-0.4, -0.2) is 51.6 Å². The van der Waals surface area contributed by atoms with E-state index >= 15 is 0 Å². The summed E-state index contributed by atoms with van der Waals surface area (Å²) in [5, 5.41) is 0.0210. The van der Waals surface area contributed by atoms with Crippen LogP contribution in [0.3, 0.4) is 0 Å². The predicted octanol–water partition coefficient (Wildman–Crippen LogP) is 3.40. The van der Waals surface area contributed by atoms with E-state index in [0.717, 1.165) is 0 Å². The number of rotatable bonds is 5. The lowest BCUT2D eigenvalue weighted by Crippen LogP contribution is -2.48. The van der Waals surface area contributed by atoms with E-state index in [1.807, 2.05) is 13.8 Å². The second-order valence-corrected chi connectivity index (χ2v) is 8.98. The van der Waals surface area contributed by atoms with Gasteiger partial charge in [-0.1, -0.05) is 23.7 Å². The maximum absolute atomic E-state index is 12.9. The Balaban J connectivity index is 1.91. The third kappa shape index (κ3) is 4.83. The fourth-order valence-corrected chi connectivity index (χ4v) is 4.89. The summed E-state index contributed by atoms with van der Waals surface area (Å²) in [5.41, 5.74) is 0.523. The molecule has 0 spiro atoms. The number of halogens is 1. The van der Waals surface area contributed by atoms with Gasteiger partial charge in [0, 0.05) is 18.7 Å². The Morgan fingerprint density at radius 3 is 2.48 bits per heavy atom. The van der Waals surface area contributed by atoms with Gasteiger partial charge in [0.15, 0.2) is 0 Å². The molecule has 156 valence electrons. The minimum atomic E-state index is -4.04. The van der Waals surface area contributed by atoms with E-state index in [2.05, 4.69) is 4.72 Å². The summed E-state index contributed by atoms with van der Waals surface area (Å²) in [6, 6.07) is 10.9. The summed E-state index contributed by atoms with van der Waals surface area (Å²) in [5.74, 6) is 0.105. The molecule has 7 nitrogen and oxygen atoms in total. The van der Waals surface area contributed by atoms with Gasteiger partial charge >= 0.3 is 0 Å². The second-order valence-electron chi connectivity index (χ2n) is 6.92. The number of anilines is 1. The van der Waals surface area contributed by atoms with Crippen LogP contribution in [0.1, 0.15) is 24.2 Å². The van der Waals surface area contributed by atoms with Crippen molar-refractivity contribution >= 4 is 33.2 Å². The van der Waals surface area contributed by atoms with Crippen LogP contribution in [0.2, 0.25) is 5.02 Å². The van der Waals surface area contributed by atoms with Crippen molar-refractivity contribution in [1.29, 1.82) is 0 Å². The van der Waals surface area contributed by atoms with Crippen molar-refractivity contribution in [2.75, 3.05) is 24.9 Å². The van der Waals surface area contributed by atoms with Gasteiger partial charge in [-0.3, -0.25) is 9.52 Å². The molecular weight excluding hydrogens is 416 g/mol. The second kappa shape index (κ2) is 8.61. The average Bonchev–Trinajstić information content (AvgIpc) is 2.67. The molecule has 1 aliphatic heterocycles. The molecule has 2 aromatic carbocycles. The molecule has 0 radical (unpaired) electrons. The highest BCUT2D eigenvalue weighted by Crippen LogP contribution is 2.30. The molecule has 1 saturated heterocycles. The molecule has 2 atom stereocenters. The van der Waals surface area contributed by atoms with Crippen LogP contribution in [0.25, 0.3) is 0 Å². The van der Waals surface area contributed by atoms with Gasteiger partial charge in [0.2, 0.25) is 0 Å². The van der Waals surface area contributed by atoms with Gasteiger partial charge in [-0.25, -0.2) is 8.42 Å². The summed E-state index contributed by atoms with van der Waals surface area (Å²) in [4.78, 5) is 14.4. The van der Waals surface area contributed by atoms with E-state index in [-0.39, 0.29) is 39.3 Å². The lowest BCUT2D eigenvalue weighted by molar-refractivity contribution is -0.0586. The lowest BCUT2D eigenvalue weighted by Gasteiger charge is -2.35. The topological polar surface area (TPSA) is 84.9 Å². The summed E-state index contributed by atoms with van der Waals surface area (Å²) < 4.78 is 39.2. The molecule has 1 fully saturated rings. The fraction of sp³-hybridized carbons (Fsp3) is 0.350. The number of nitrogens with one attached hydrogen (secondary N) is 1. The Hall–Kier alpha value is -2.29. The number of sulfonamides is 1. The third-order valence-electron chi connectivity index (χ3n) is 4.53. The van der Waals surface area contributed by atoms with Gasteiger partial charge in [0.05, 0.1) is 30.0 Å². The van der Waals surface area contributed by atoms with Crippen LogP contribution < -0.4 is 9.46 Å². The zero-order valence-corrected chi connectivity index (χ0v) is 18.0. The smallest absolute Gasteiger partial charge is 0.263 e. The molecule has 0 saturated carbocycles. The van der Waals surface area contributed by atoms with Crippen molar-refractivity contribution in [2.24, 2.45) is 0 Å². The monoisotopic (exact) mass is 438 g/mol. The van der Waals surface area contributed by atoms with Gasteiger partial charge < -0.3 is 14.4 Å². The lowest BCUT2D eigenvalue weighted by atomic mass is 10.1. The van der Waals surface area contributed by atoms with Crippen LogP contribution in [0.5, 0.6) is 5.75 Å².